The number of halogens is 2. The van der Waals surface area contributed by atoms with Crippen LogP contribution in [0.1, 0.15) is 30.9 Å². The molecule has 0 aliphatic carbocycles. The highest BCUT2D eigenvalue weighted by molar-refractivity contribution is 5.90. The molecule has 2 aliphatic heterocycles. The number of amides is 2. The van der Waals surface area contributed by atoms with Crippen LogP contribution in [0, 0.1) is 18.6 Å². The molecule has 2 N–H and O–H groups in total. The van der Waals surface area contributed by atoms with E-state index in [-0.39, 0.29) is 18.6 Å². The minimum atomic E-state index is -0.675. The third-order valence-electron chi connectivity index (χ3n) is 7.42. The highest BCUT2D eigenvalue weighted by Crippen LogP contribution is 2.31. The van der Waals surface area contributed by atoms with Crippen molar-refractivity contribution in [2.45, 2.75) is 44.6 Å². The molecular weight excluding hydrogens is 548 g/mol. The number of anilines is 1. The van der Waals surface area contributed by atoms with Gasteiger partial charge in [0.1, 0.15) is 30.2 Å². The molecule has 2 aliphatic rings. The van der Waals surface area contributed by atoms with Gasteiger partial charge in [-0.25, -0.2) is 18.3 Å². The first-order valence-corrected chi connectivity index (χ1v) is 14.0. The molecule has 0 bridgehead atoms. The number of likely N-dealkylation sites (tertiary alicyclic amines) is 1. The topological polar surface area (TPSA) is 99.1 Å². The lowest BCUT2D eigenvalue weighted by atomic mass is 9.94. The van der Waals surface area contributed by atoms with Gasteiger partial charge in [0.2, 0.25) is 5.88 Å². The zero-order valence-corrected chi connectivity index (χ0v) is 24.2. The van der Waals surface area contributed by atoms with E-state index < -0.39 is 29.5 Å². The van der Waals surface area contributed by atoms with Crippen LogP contribution in [0.5, 0.6) is 5.88 Å². The van der Waals surface area contributed by atoms with E-state index in [0.717, 1.165) is 11.8 Å². The molecule has 3 heterocycles. The summed E-state index contributed by atoms with van der Waals surface area (Å²) in [6.45, 7) is 8.26. The predicted octanol–water partition coefficient (Wildman–Crippen LogP) is 4.23. The van der Waals surface area contributed by atoms with Crippen molar-refractivity contribution in [1.82, 2.24) is 20.0 Å². The third-order valence-corrected chi connectivity index (χ3v) is 7.42. The van der Waals surface area contributed by atoms with E-state index in [4.69, 9.17) is 18.9 Å². The fourth-order valence-corrected chi connectivity index (χ4v) is 5.41. The molecule has 5 rings (SSSR count). The number of nitrogens with one attached hydrogen (secondary N) is 2. The van der Waals surface area contributed by atoms with Gasteiger partial charge >= 0.3 is 6.03 Å². The summed E-state index contributed by atoms with van der Waals surface area (Å²) in [7, 11) is 1.62. The van der Waals surface area contributed by atoms with E-state index in [1.54, 1.807) is 11.8 Å². The Balaban J connectivity index is 1.35. The molecule has 0 radical (unpaired) electrons. The SMILES string of the molecule is COCCN1C[C@@H](NC(=O)Nc2c(C)c(OC[C@H]3COC(C)(C)O3)nn2-c2ccccc2)[C@H](c2cc(F)cc(F)c2)C1. The Labute approximate surface area is 243 Å². The van der Waals surface area contributed by atoms with Gasteiger partial charge in [0.25, 0.3) is 0 Å². The van der Waals surface area contributed by atoms with Crippen LogP contribution in [0.15, 0.2) is 48.5 Å². The number of hydrogen-bond acceptors (Lipinski definition) is 7. The number of methoxy groups -OCH3 is 1. The number of carbonyl (C=O) groups excluding carboxylic acids is 1. The Bertz CT molecular complexity index is 1370. The molecule has 12 heteroatoms. The van der Waals surface area contributed by atoms with Gasteiger partial charge in [-0.2, -0.15) is 0 Å². The predicted molar refractivity (Wildman–Crippen MR) is 152 cm³/mol. The lowest BCUT2D eigenvalue weighted by molar-refractivity contribution is -0.141. The van der Waals surface area contributed by atoms with Gasteiger partial charge in [0.15, 0.2) is 5.79 Å². The lowest BCUT2D eigenvalue weighted by Gasteiger charge is -2.21. The summed E-state index contributed by atoms with van der Waals surface area (Å²) in [5, 5.41) is 10.6. The molecule has 2 fully saturated rings. The highest BCUT2D eigenvalue weighted by Gasteiger charge is 2.36. The molecule has 2 aromatic carbocycles. The summed E-state index contributed by atoms with van der Waals surface area (Å²) in [5.74, 6) is -1.53. The molecule has 42 heavy (non-hydrogen) atoms. The number of ether oxygens (including phenoxy) is 4. The van der Waals surface area contributed by atoms with Crippen molar-refractivity contribution < 1.29 is 32.5 Å². The van der Waals surface area contributed by atoms with Crippen LogP contribution < -0.4 is 15.4 Å². The van der Waals surface area contributed by atoms with E-state index in [0.29, 0.717) is 55.7 Å². The van der Waals surface area contributed by atoms with Gasteiger partial charge in [-0.15, -0.1) is 5.10 Å². The van der Waals surface area contributed by atoms with Gasteiger partial charge in [-0.1, -0.05) is 18.2 Å². The van der Waals surface area contributed by atoms with Crippen LogP contribution >= 0.6 is 0 Å². The number of benzene rings is 2. The Morgan fingerprint density at radius 2 is 1.88 bits per heavy atom. The largest absolute Gasteiger partial charge is 0.473 e. The Hall–Kier alpha value is -3.58. The maximum Gasteiger partial charge on any atom is 0.320 e. The molecule has 3 aromatic rings. The zero-order chi connectivity index (χ0) is 29.9. The van der Waals surface area contributed by atoms with E-state index in [9.17, 15) is 13.6 Å². The Kier molecular flexibility index (Phi) is 9.07. The van der Waals surface area contributed by atoms with E-state index in [1.807, 2.05) is 51.1 Å². The van der Waals surface area contributed by atoms with Crippen molar-refractivity contribution in [3.8, 4) is 11.6 Å². The molecule has 1 aromatic heterocycles. The first-order valence-electron chi connectivity index (χ1n) is 14.0. The standard InChI is InChI=1S/C30H37F2N5O5/c1-19-27(37(23-8-6-5-7-9-23)35-28(19)40-17-24-18-41-30(2,3)42-24)34-29(38)33-26-16-36(10-11-39-4)15-25(26)20-12-21(31)14-22(32)13-20/h5-9,12-14,24-26H,10-11,15-18H2,1-4H3,(H2,33,34,38)/t24-,25-,26+/m0/s1. The van der Waals surface area contributed by atoms with Gasteiger partial charge in [0, 0.05) is 38.7 Å². The minimum absolute atomic E-state index is 0.229. The molecule has 3 atom stereocenters. The summed E-state index contributed by atoms with van der Waals surface area (Å²) in [6, 6.07) is 12.0. The van der Waals surface area contributed by atoms with Crippen LogP contribution in [0.3, 0.4) is 0 Å². The average Bonchev–Trinajstić information content (AvgIpc) is 3.61. The quantitative estimate of drug-likeness (QED) is 0.368. The van der Waals surface area contributed by atoms with Crippen molar-refractivity contribution in [2.24, 2.45) is 0 Å². The molecule has 10 nitrogen and oxygen atoms in total. The normalized spacial score (nSPS) is 21.9. The first kappa shape index (κ1) is 29.9. The monoisotopic (exact) mass is 585 g/mol. The summed E-state index contributed by atoms with van der Waals surface area (Å²) in [5.41, 5.74) is 1.84. The van der Waals surface area contributed by atoms with Crippen molar-refractivity contribution in [3.63, 3.8) is 0 Å². The third kappa shape index (κ3) is 7.06. The van der Waals surface area contributed by atoms with Crippen LogP contribution in [-0.4, -0.2) is 85.2 Å². The van der Waals surface area contributed by atoms with Gasteiger partial charge in [-0.05, 0) is 50.6 Å². The molecular formula is C30H37F2N5O5. The summed E-state index contributed by atoms with van der Waals surface area (Å²) < 4.78 is 52.5. The van der Waals surface area contributed by atoms with Crippen molar-refractivity contribution in [1.29, 1.82) is 0 Å². The lowest BCUT2D eigenvalue weighted by Crippen LogP contribution is -2.42. The first-order chi connectivity index (χ1) is 20.1. The molecule has 2 amide bonds. The summed E-state index contributed by atoms with van der Waals surface area (Å²) in [6.07, 6.45) is -0.256. The minimum Gasteiger partial charge on any atom is -0.473 e. The summed E-state index contributed by atoms with van der Waals surface area (Å²) in [4.78, 5) is 15.6. The van der Waals surface area contributed by atoms with E-state index in [1.165, 1.54) is 12.1 Å². The van der Waals surface area contributed by atoms with Gasteiger partial charge < -0.3 is 24.3 Å². The fraction of sp³-hybridized carbons (Fsp3) is 0.467. The van der Waals surface area contributed by atoms with Gasteiger partial charge in [-0.3, -0.25) is 10.2 Å². The fourth-order valence-electron chi connectivity index (χ4n) is 5.41. The van der Waals surface area contributed by atoms with Crippen LogP contribution in [0.25, 0.3) is 5.69 Å². The highest BCUT2D eigenvalue weighted by atomic mass is 19.1. The maximum atomic E-state index is 14.1. The second kappa shape index (κ2) is 12.7. The number of rotatable bonds is 10. The smallest absolute Gasteiger partial charge is 0.320 e. The summed E-state index contributed by atoms with van der Waals surface area (Å²) >= 11 is 0. The molecule has 226 valence electrons. The second-order valence-corrected chi connectivity index (χ2v) is 11.1. The number of carbonyl (C=O) groups is 1. The number of nitrogens with zero attached hydrogens (tertiary/aromatic N) is 3. The number of para-hydroxylation sites is 1. The molecule has 0 spiro atoms. The number of aromatic nitrogens is 2. The Morgan fingerprint density at radius 1 is 1.14 bits per heavy atom. The van der Waals surface area contributed by atoms with E-state index >= 15 is 0 Å². The van der Waals surface area contributed by atoms with Crippen LogP contribution in [0.4, 0.5) is 19.4 Å². The number of urea groups is 1. The molecule has 0 saturated carbocycles. The van der Waals surface area contributed by atoms with E-state index in [2.05, 4.69) is 20.6 Å². The average molecular weight is 586 g/mol. The molecule has 2 saturated heterocycles. The van der Waals surface area contributed by atoms with Crippen molar-refractivity contribution >= 4 is 11.8 Å². The molecule has 0 unspecified atom stereocenters. The second-order valence-electron chi connectivity index (χ2n) is 11.1. The Morgan fingerprint density at radius 3 is 2.55 bits per heavy atom. The van der Waals surface area contributed by atoms with Crippen LogP contribution in [0.2, 0.25) is 0 Å². The van der Waals surface area contributed by atoms with Gasteiger partial charge in [0.05, 0.1) is 30.5 Å². The maximum absolute atomic E-state index is 14.1. The number of hydrogen-bond donors (Lipinski definition) is 2. The van der Waals surface area contributed by atoms with Crippen LogP contribution in [-0.2, 0) is 14.2 Å². The van der Waals surface area contributed by atoms with Crippen molar-refractivity contribution in [3.05, 3.63) is 71.3 Å². The zero-order valence-electron chi connectivity index (χ0n) is 24.2. The van der Waals surface area contributed by atoms with Crippen molar-refractivity contribution in [2.75, 3.05) is 51.9 Å².